The van der Waals surface area contributed by atoms with Crippen LogP contribution >= 0.6 is 0 Å². The molecule has 1 heterocycles. The van der Waals surface area contributed by atoms with Crippen LogP contribution in [0.15, 0.2) is 27.8 Å². The summed E-state index contributed by atoms with van der Waals surface area (Å²) >= 11 is 0. The lowest BCUT2D eigenvalue weighted by molar-refractivity contribution is -0.121. The Kier molecular flexibility index (Phi) is 2.89. The topological polar surface area (TPSA) is 84.0 Å². The largest absolute Gasteiger partial charge is 0.352 e. The number of halogens is 1. The first-order chi connectivity index (χ1) is 9.54. The average Bonchev–Trinajstić information content (AvgIpc) is 3.18. The maximum Gasteiger partial charge on any atom is 0.317 e. The number of nitrogens with one attached hydrogen (secondary N) is 2. The number of nitrogens with zero attached hydrogens (tertiary/aromatic N) is 1. The lowest BCUT2D eigenvalue weighted by atomic mass is 10.3. The van der Waals surface area contributed by atoms with Gasteiger partial charge in [-0.25, -0.2) is 4.39 Å². The summed E-state index contributed by atoms with van der Waals surface area (Å²) in [7, 11) is 0. The van der Waals surface area contributed by atoms with Crippen molar-refractivity contribution in [3.05, 3.63) is 44.7 Å². The highest BCUT2D eigenvalue weighted by Gasteiger charge is 2.23. The van der Waals surface area contributed by atoms with Crippen molar-refractivity contribution < 1.29 is 9.18 Å². The summed E-state index contributed by atoms with van der Waals surface area (Å²) in [6.07, 6.45) is 1.87. The summed E-state index contributed by atoms with van der Waals surface area (Å²) in [5.41, 5.74) is -1.19. The molecule has 0 spiro atoms. The van der Waals surface area contributed by atoms with Gasteiger partial charge >= 0.3 is 11.1 Å². The molecule has 3 rings (SSSR count). The van der Waals surface area contributed by atoms with Gasteiger partial charge in [0.1, 0.15) is 12.4 Å². The van der Waals surface area contributed by atoms with Crippen LogP contribution in [0.4, 0.5) is 4.39 Å². The standard InChI is InChI=1S/C13H12FN3O3/c14-7-1-4-10-9(5-7)16-12(19)13(20)17(10)6-11(18)15-8-2-3-8/h1,4-5,8H,2-3,6H2,(H,15,18)(H,16,19). The molecule has 6 nitrogen and oxygen atoms in total. The van der Waals surface area contributed by atoms with E-state index in [1.54, 1.807) is 0 Å². The normalized spacial score (nSPS) is 14.4. The SMILES string of the molecule is O=C(Cn1c(=O)c(=O)[nH]c2cc(F)ccc21)NC1CC1. The summed E-state index contributed by atoms with van der Waals surface area (Å²) in [4.78, 5) is 37.5. The number of amides is 1. The van der Waals surface area contributed by atoms with Gasteiger partial charge in [0, 0.05) is 6.04 Å². The molecule has 0 radical (unpaired) electrons. The highest BCUT2D eigenvalue weighted by atomic mass is 19.1. The number of aromatic amines is 1. The Labute approximate surface area is 112 Å². The van der Waals surface area contributed by atoms with Crippen LogP contribution in [0, 0.1) is 5.82 Å². The third-order valence-corrected chi connectivity index (χ3v) is 3.18. The molecule has 1 aliphatic carbocycles. The molecule has 0 unspecified atom stereocenters. The second kappa shape index (κ2) is 4.59. The second-order valence-electron chi connectivity index (χ2n) is 4.85. The van der Waals surface area contributed by atoms with Gasteiger partial charge in [-0.05, 0) is 31.0 Å². The first kappa shape index (κ1) is 12.6. The molecule has 104 valence electrons. The van der Waals surface area contributed by atoms with E-state index in [1.807, 2.05) is 0 Å². The van der Waals surface area contributed by atoms with E-state index in [9.17, 15) is 18.8 Å². The van der Waals surface area contributed by atoms with E-state index in [4.69, 9.17) is 0 Å². The summed E-state index contributed by atoms with van der Waals surface area (Å²) in [5.74, 6) is -0.855. The summed E-state index contributed by atoms with van der Waals surface area (Å²) in [6.45, 7) is -0.249. The van der Waals surface area contributed by atoms with Crippen molar-refractivity contribution in [2.24, 2.45) is 0 Å². The van der Waals surface area contributed by atoms with Crippen LogP contribution < -0.4 is 16.4 Å². The molecule has 1 aliphatic rings. The van der Waals surface area contributed by atoms with Gasteiger partial charge in [-0.2, -0.15) is 0 Å². The molecule has 0 aliphatic heterocycles. The van der Waals surface area contributed by atoms with Crippen molar-refractivity contribution in [1.29, 1.82) is 0 Å². The predicted molar refractivity (Wildman–Crippen MR) is 70.0 cm³/mol. The zero-order chi connectivity index (χ0) is 14.3. The molecule has 1 saturated carbocycles. The van der Waals surface area contributed by atoms with Gasteiger partial charge in [0.05, 0.1) is 11.0 Å². The Bertz CT molecular complexity index is 805. The molecule has 0 saturated heterocycles. The van der Waals surface area contributed by atoms with Crippen LogP contribution in [0.1, 0.15) is 12.8 Å². The highest BCUT2D eigenvalue weighted by molar-refractivity contribution is 5.80. The number of hydrogen-bond donors (Lipinski definition) is 2. The maximum absolute atomic E-state index is 13.2. The molecule has 1 aromatic heterocycles. The van der Waals surface area contributed by atoms with Gasteiger partial charge in [0.25, 0.3) is 0 Å². The fourth-order valence-corrected chi connectivity index (χ4v) is 2.05. The fourth-order valence-electron chi connectivity index (χ4n) is 2.05. The summed E-state index contributed by atoms with van der Waals surface area (Å²) in [5, 5.41) is 2.74. The van der Waals surface area contributed by atoms with Crippen LogP contribution in [0.25, 0.3) is 11.0 Å². The van der Waals surface area contributed by atoms with Crippen LogP contribution in [0.5, 0.6) is 0 Å². The Hall–Kier alpha value is -2.44. The monoisotopic (exact) mass is 277 g/mol. The predicted octanol–water partition coefficient (Wildman–Crippen LogP) is 0.107. The van der Waals surface area contributed by atoms with Gasteiger partial charge in [0.2, 0.25) is 5.91 Å². The van der Waals surface area contributed by atoms with E-state index in [2.05, 4.69) is 10.3 Å². The average molecular weight is 277 g/mol. The van der Waals surface area contributed by atoms with Crippen LogP contribution in [-0.4, -0.2) is 21.5 Å². The van der Waals surface area contributed by atoms with Gasteiger partial charge in [-0.1, -0.05) is 0 Å². The number of H-pyrrole nitrogens is 1. The molecule has 20 heavy (non-hydrogen) atoms. The number of hydrogen-bond acceptors (Lipinski definition) is 3. The van der Waals surface area contributed by atoms with Crippen molar-refractivity contribution in [1.82, 2.24) is 14.9 Å². The van der Waals surface area contributed by atoms with Gasteiger partial charge in [-0.15, -0.1) is 0 Å². The molecule has 2 N–H and O–H groups in total. The van der Waals surface area contributed by atoms with Gasteiger partial charge in [0.15, 0.2) is 0 Å². The number of fused-ring (bicyclic) bond motifs is 1. The van der Waals surface area contributed by atoms with E-state index in [1.165, 1.54) is 12.1 Å². The van der Waals surface area contributed by atoms with Crippen molar-refractivity contribution in [3.63, 3.8) is 0 Å². The van der Waals surface area contributed by atoms with Crippen molar-refractivity contribution in [2.75, 3.05) is 0 Å². The number of rotatable bonds is 3. The smallest absolute Gasteiger partial charge is 0.317 e. The lowest BCUT2D eigenvalue weighted by Crippen LogP contribution is -2.40. The van der Waals surface area contributed by atoms with Crippen molar-refractivity contribution >= 4 is 16.9 Å². The second-order valence-corrected chi connectivity index (χ2v) is 4.85. The Balaban J connectivity index is 2.07. The molecular formula is C13H12FN3O3. The van der Waals surface area contributed by atoms with Gasteiger partial charge in [-0.3, -0.25) is 19.0 Å². The minimum atomic E-state index is -0.873. The first-order valence-corrected chi connectivity index (χ1v) is 6.26. The van der Waals surface area contributed by atoms with E-state index >= 15 is 0 Å². The number of carbonyl (C=O) groups is 1. The molecule has 1 fully saturated rings. The molecule has 1 aromatic carbocycles. The zero-order valence-electron chi connectivity index (χ0n) is 10.5. The number of aromatic nitrogens is 2. The Morgan fingerprint density at radius 2 is 2.15 bits per heavy atom. The maximum atomic E-state index is 13.2. The molecule has 1 amide bonds. The molecule has 0 atom stereocenters. The minimum Gasteiger partial charge on any atom is -0.352 e. The van der Waals surface area contributed by atoms with Crippen LogP contribution in [-0.2, 0) is 11.3 Å². The zero-order valence-corrected chi connectivity index (χ0v) is 10.5. The van der Waals surface area contributed by atoms with E-state index in [0.29, 0.717) is 5.52 Å². The quantitative estimate of drug-likeness (QED) is 0.781. The van der Waals surface area contributed by atoms with E-state index < -0.39 is 16.9 Å². The van der Waals surface area contributed by atoms with E-state index in [-0.39, 0.29) is 24.0 Å². The molecule has 7 heteroatoms. The number of carbonyl (C=O) groups excluding carboxylic acids is 1. The highest BCUT2D eigenvalue weighted by Crippen LogP contribution is 2.18. The summed E-state index contributed by atoms with van der Waals surface area (Å²) < 4.78 is 14.2. The van der Waals surface area contributed by atoms with Crippen molar-refractivity contribution in [3.8, 4) is 0 Å². The first-order valence-electron chi connectivity index (χ1n) is 6.26. The van der Waals surface area contributed by atoms with E-state index in [0.717, 1.165) is 23.5 Å². The van der Waals surface area contributed by atoms with Gasteiger partial charge < -0.3 is 10.3 Å². The Morgan fingerprint density at radius 3 is 2.85 bits per heavy atom. The number of benzene rings is 1. The fraction of sp³-hybridized carbons (Fsp3) is 0.308. The third-order valence-electron chi connectivity index (χ3n) is 3.18. The third kappa shape index (κ3) is 2.34. The molecular weight excluding hydrogens is 265 g/mol. The minimum absolute atomic E-state index is 0.170. The van der Waals surface area contributed by atoms with Crippen LogP contribution in [0.2, 0.25) is 0 Å². The Morgan fingerprint density at radius 1 is 1.40 bits per heavy atom. The summed E-state index contributed by atoms with van der Waals surface area (Å²) in [6, 6.07) is 3.83. The lowest BCUT2D eigenvalue weighted by Gasteiger charge is -2.09. The van der Waals surface area contributed by atoms with Crippen molar-refractivity contribution in [2.45, 2.75) is 25.4 Å². The molecule has 2 aromatic rings. The molecule has 0 bridgehead atoms. The van der Waals surface area contributed by atoms with Crippen LogP contribution in [0.3, 0.4) is 0 Å².